The highest BCUT2D eigenvalue weighted by molar-refractivity contribution is 7.89. The number of sulfonamides is 1. The lowest BCUT2D eigenvalue weighted by atomic mass is 10.2. The van der Waals surface area contributed by atoms with E-state index in [4.69, 9.17) is 5.73 Å². The topological polar surface area (TPSA) is 63.4 Å². The number of nitrogens with two attached hydrogens (primary N) is 1. The Labute approximate surface area is 96.9 Å². The number of nitrogen functional groups attached to an aromatic ring is 1. The van der Waals surface area contributed by atoms with Crippen LogP contribution in [-0.4, -0.2) is 26.8 Å². The van der Waals surface area contributed by atoms with Gasteiger partial charge in [-0.1, -0.05) is 0 Å². The summed E-state index contributed by atoms with van der Waals surface area (Å²) < 4.78 is 61.6. The van der Waals surface area contributed by atoms with E-state index in [1.165, 1.54) is 14.1 Å². The second-order valence-electron chi connectivity index (χ2n) is 3.58. The van der Waals surface area contributed by atoms with Crippen LogP contribution in [0.15, 0.2) is 23.1 Å². The van der Waals surface area contributed by atoms with Crippen LogP contribution in [0, 0.1) is 0 Å². The van der Waals surface area contributed by atoms with Crippen molar-refractivity contribution in [1.82, 2.24) is 4.31 Å². The third-order valence-electron chi connectivity index (χ3n) is 2.03. The summed E-state index contributed by atoms with van der Waals surface area (Å²) in [5.74, 6) is 0. The Morgan fingerprint density at radius 3 is 2.12 bits per heavy atom. The van der Waals surface area contributed by atoms with E-state index < -0.39 is 26.7 Å². The van der Waals surface area contributed by atoms with Gasteiger partial charge in [-0.2, -0.15) is 13.2 Å². The molecule has 0 aromatic heterocycles. The van der Waals surface area contributed by atoms with Gasteiger partial charge in [-0.3, -0.25) is 0 Å². The van der Waals surface area contributed by atoms with E-state index in [1.54, 1.807) is 0 Å². The minimum atomic E-state index is -4.63. The number of nitrogens with zero attached hydrogens (tertiary/aromatic N) is 1. The first kappa shape index (κ1) is 13.8. The van der Waals surface area contributed by atoms with Crippen LogP contribution in [0.5, 0.6) is 0 Å². The van der Waals surface area contributed by atoms with E-state index in [9.17, 15) is 21.6 Å². The van der Waals surface area contributed by atoms with E-state index >= 15 is 0 Å². The van der Waals surface area contributed by atoms with Gasteiger partial charge in [0.2, 0.25) is 10.0 Å². The Kier molecular flexibility index (Phi) is 3.40. The van der Waals surface area contributed by atoms with Crippen LogP contribution in [0.1, 0.15) is 5.56 Å². The molecule has 1 aromatic carbocycles. The van der Waals surface area contributed by atoms with Crippen molar-refractivity contribution in [2.24, 2.45) is 0 Å². The predicted octanol–water partition coefficient (Wildman–Crippen LogP) is 1.54. The molecule has 0 heterocycles. The molecular formula is C9H11F3N2O2S. The summed E-state index contributed by atoms with van der Waals surface area (Å²) in [5.41, 5.74) is 3.93. The number of halogens is 3. The zero-order valence-electron chi connectivity index (χ0n) is 9.12. The molecular weight excluding hydrogens is 257 g/mol. The molecule has 0 fully saturated rings. The van der Waals surface area contributed by atoms with Gasteiger partial charge in [-0.15, -0.1) is 0 Å². The van der Waals surface area contributed by atoms with Crippen molar-refractivity contribution in [1.29, 1.82) is 0 Å². The second kappa shape index (κ2) is 4.19. The lowest BCUT2D eigenvalue weighted by Crippen LogP contribution is -2.23. The molecule has 0 atom stereocenters. The van der Waals surface area contributed by atoms with E-state index in [0.717, 1.165) is 10.4 Å². The van der Waals surface area contributed by atoms with Gasteiger partial charge in [0, 0.05) is 19.8 Å². The molecule has 0 spiro atoms. The average molecular weight is 268 g/mol. The van der Waals surface area contributed by atoms with Crippen LogP contribution in [-0.2, 0) is 16.2 Å². The summed E-state index contributed by atoms with van der Waals surface area (Å²) in [7, 11) is -1.47. The van der Waals surface area contributed by atoms with Gasteiger partial charge >= 0.3 is 6.18 Å². The molecule has 17 heavy (non-hydrogen) atoms. The molecule has 4 nitrogen and oxygen atoms in total. The fourth-order valence-corrected chi connectivity index (χ4v) is 2.13. The maximum absolute atomic E-state index is 12.5. The van der Waals surface area contributed by atoms with E-state index in [1.807, 2.05) is 0 Å². The molecule has 0 aliphatic rings. The van der Waals surface area contributed by atoms with Crippen molar-refractivity contribution < 1.29 is 21.6 Å². The SMILES string of the molecule is CN(C)S(=O)(=O)c1cc(N)cc(C(F)(F)F)c1. The third kappa shape index (κ3) is 2.89. The first-order valence-corrected chi connectivity index (χ1v) is 5.89. The van der Waals surface area contributed by atoms with E-state index in [0.29, 0.717) is 12.1 Å². The molecule has 0 unspecified atom stereocenters. The van der Waals surface area contributed by atoms with Crippen LogP contribution in [0.3, 0.4) is 0 Å². The Hall–Kier alpha value is -1.28. The highest BCUT2D eigenvalue weighted by Gasteiger charge is 2.32. The van der Waals surface area contributed by atoms with Crippen LogP contribution in [0.4, 0.5) is 18.9 Å². The number of alkyl halides is 3. The van der Waals surface area contributed by atoms with Crippen molar-refractivity contribution in [2.75, 3.05) is 19.8 Å². The fraction of sp³-hybridized carbons (Fsp3) is 0.333. The standard InChI is InChI=1S/C9H11F3N2O2S/c1-14(2)17(15,16)8-4-6(9(10,11)12)3-7(13)5-8/h3-5H,13H2,1-2H3. The smallest absolute Gasteiger partial charge is 0.399 e. The first-order valence-electron chi connectivity index (χ1n) is 4.45. The Bertz CT molecular complexity index is 524. The van der Waals surface area contributed by atoms with E-state index in [2.05, 4.69) is 0 Å². The normalized spacial score (nSPS) is 13.1. The van der Waals surface area contributed by atoms with Crippen LogP contribution in [0.25, 0.3) is 0 Å². The summed E-state index contributed by atoms with van der Waals surface area (Å²) in [6.45, 7) is 0. The van der Waals surface area contributed by atoms with Crippen LogP contribution < -0.4 is 5.73 Å². The fourth-order valence-electron chi connectivity index (χ4n) is 1.15. The maximum Gasteiger partial charge on any atom is 0.416 e. The van der Waals surface area contributed by atoms with Crippen molar-refractivity contribution in [3.05, 3.63) is 23.8 Å². The number of hydrogen-bond donors (Lipinski definition) is 1. The molecule has 0 saturated heterocycles. The summed E-state index contributed by atoms with van der Waals surface area (Å²) in [4.78, 5) is -0.477. The summed E-state index contributed by atoms with van der Waals surface area (Å²) in [6, 6.07) is 2.24. The molecule has 0 aliphatic carbocycles. The molecule has 1 rings (SSSR count). The largest absolute Gasteiger partial charge is 0.416 e. The van der Waals surface area contributed by atoms with Crippen molar-refractivity contribution in [2.45, 2.75) is 11.1 Å². The van der Waals surface area contributed by atoms with Gasteiger partial charge in [0.1, 0.15) is 0 Å². The second-order valence-corrected chi connectivity index (χ2v) is 5.73. The zero-order valence-corrected chi connectivity index (χ0v) is 9.93. The monoisotopic (exact) mass is 268 g/mol. The molecule has 1 aromatic rings. The van der Waals surface area contributed by atoms with Crippen molar-refractivity contribution >= 4 is 15.7 Å². The minimum absolute atomic E-state index is 0.250. The maximum atomic E-state index is 12.5. The summed E-state index contributed by atoms with van der Waals surface area (Å²) in [6.07, 6.45) is -4.63. The summed E-state index contributed by atoms with van der Waals surface area (Å²) in [5, 5.41) is 0. The molecule has 8 heteroatoms. The van der Waals surface area contributed by atoms with Crippen LogP contribution >= 0.6 is 0 Å². The Balaban J connectivity index is 3.44. The van der Waals surface area contributed by atoms with Gasteiger partial charge in [0.05, 0.1) is 10.5 Å². The van der Waals surface area contributed by atoms with Crippen molar-refractivity contribution in [3.8, 4) is 0 Å². The van der Waals surface area contributed by atoms with Crippen LogP contribution in [0.2, 0.25) is 0 Å². The molecule has 0 bridgehead atoms. The predicted molar refractivity (Wildman–Crippen MR) is 56.7 cm³/mol. The Morgan fingerprint density at radius 1 is 1.18 bits per heavy atom. The van der Waals surface area contributed by atoms with Gasteiger partial charge in [0.15, 0.2) is 0 Å². The lowest BCUT2D eigenvalue weighted by molar-refractivity contribution is -0.137. The molecule has 0 aliphatic heterocycles. The third-order valence-corrected chi connectivity index (χ3v) is 3.83. The lowest BCUT2D eigenvalue weighted by Gasteiger charge is -2.14. The molecule has 0 saturated carbocycles. The van der Waals surface area contributed by atoms with Gasteiger partial charge in [0.25, 0.3) is 0 Å². The molecule has 2 N–H and O–H groups in total. The molecule has 0 radical (unpaired) electrons. The number of anilines is 1. The summed E-state index contributed by atoms with van der Waals surface area (Å²) >= 11 is 0. The quantitative estimate of drug-likeness (QED) is 0.827. The molecule has 0 amide bonds. The Morgan fingerprint density at radius 2 is 1.71 bits per heavy atom. The number of rotatable bonds is 2. The highest BCUT2D eigenvalue weighted by Crippen LogP contribution is 2.32. The minimum Gasteiger partial charge on any atom is -0.399 e. The van der Waals surface area contributed by atoms with Gasteiger partial charge < -0.3 is 5.73 Å². The molecule has 96 valence electrons. The van der Waals surface area contributed by atoms with Gasteiger partial charge in [-0.25, -0.2) is 12.7 Å². The zero-order chi connectivity index (χ0) is 13.4. The highest BCUT2D eigenvalue weighted by atomic mass is 32.2. The van der Waals surface area contributed by atoms with Gasteiger partial charge in [-0.05, 0) is 18.2 Å². The van der Waals surface area contributed by atoms with Crippen molar-refractivity contribution in [3.63, 3.8) is 0 Å². The number of hydrogen-bond acceptors (Lipinski definition) is 3. The number of benzene rings is 1. The average Bonchev–Trinajstić information content (AvgIpc) is 2.15. The first-order chi connectivity index (χ1) is 7.55. The van der Waals surface area contributed by atoms with E-state index in [-0.39, 0.29) is 5.69 Å².